The van der Waals surface area contributed by atoms with Crippen LogP contribution in [0.1, 0.15) is 16.8 Å². The minimum absolute atomic E-state index is 0.136. The van der Waals surface area contributed by atoms with Crippen LogP contribution in [-0.2, 0) is 0 Å². The highest BCUT2D eigenvalue weighted by Crippen LogP contribution is 2.20. The summed E-state index contributed by atoms with van der Waals surface area (Å²) in [6, 6.07) is 6.02. The zero-order valence-electron chi connectivity index (χ0n) is 8.79. The molecule has 5 heteroatoms. The molecule has 0 bridgehead atoms. The number of nitriles is 1. The van der Waals surface area contributed by atoms with Crippen molar-refractivity contribution in [1.29, 1.82) is 5.26 Å². The third kappa shape index (κ3) is 2.70. The fourth-order valence-electron chi connectivity index (χ4n) is 1.22. The van der Waals surface area contributed by atoms with Gasteiger partial charge in [-0.25, -0.2) is 4.39 Å². The van der Waals surface area contributed by atoms with Gasteiger partial charge >= 0.3 is 0 Å². The number of carbonyl (C=O) groups excluding carboxylic acids is 1. The Kier molecular flexibility index (Phi) is 4.28. The first-order valence-electron chi connectivity index (χ1n) is 4.68. The van der Waals surface area contributed by atoms with Crippen molar-refractivity contribution in [2.75, 3.05) is 13.7 Å². The molecule has 1 N–H and O–H groups in total. The molecule has 1 aromatic carbocycles. The average Bonchev–Trinajstić information content (AvgIpc) is 2.28. The van der Waals surface area contributed by atoms with E-state index in [9.17, 15) is 9.18 Å². The third-order valence-corrected chi connectivity index (χ3v) is 1.94. The van der Waals surface area contributed by atoms with Crippen molar-refractivity contribution in [3.05, 3.63) is 29.6 Å². The number of hydrogen-bond acceptors (Lipinski definition) is 3. The molecule has 4 nitrogen and oxygen atoms in total. The second-order valence-corrected chi connectivity index (χ2v) is 2.98. The molecule has 0 saturated carbocycles. The summed E-state index contributed by atoms with van der Waals surface area (Å²) in [6.45, 7) is 0.187. The fraction of sp³-hybridized carbons (Fsp3) is 0.273. The number of methoxy groups -OCH3 is 1. The summed E-state index contributed by atoms with van der Waals surface area (Å²) >= 11 is 0. The van der Waals surface area contributed by atoms with E-state index in [0.29, 0.717) is 0 Å². The Labute approximate surface area is 92.6 Å². The second-order valence-electron chi connectivity index (χ2n) is 2.98. The smallest absolute Gasteiger partial charge is 0.258 e. The van der Waals surface area contributed by atoms with Crippen LogP contribution in [0.15, 0.2) is 18.2 Å². The van der Waals surface area contributed by atoms with Crippen molar-refractivity contribution in [2.45, 2.75) is 6.42 Å². The van der Waals surface area contributed by atoms with E-state index in [0.717, 1.165) is 0 Å². The van der Waals surface area contributed by atoms with Crippen LogP contribution in [0.2, 0.25) is 0 Å². The van der Waals surface area contributed by atoms with E-state index in [2.05, 4.69) is 5.32 Å². The maximum atomic E-state index is 13.4. The van der Waals surface area contributed by atoms with Gasteiger partial charge in [-0.15, -0.1) is 0 Å². The maximum Gasteiger partial charge on any atom is 0.258 e. The SMILES string of the molecule is COc1cccc(F)c1C(=O)NCCC#N. The first-order valence-corrected chi connectivity index (χ1v) is 4.68. The van der Waals surface area contributed by atoms with Crippen molar-refractivity contribution in [1.82, 2.24) is 5.32 Å². The molecule has 0 aromatic heterocycles. The van der Waals surface area contributed by atoms with Gasteiger partial charge in [0.25, 0.3) is 5.91 Å². The first-order chi connectivity index (χ1) is 7.70. The van der Waals surface area contributed by atoms with Gasteiger partial charge in [0.1, 0.15) is 17.1 Å². The minimum atomic E-state index is -0.645. The zero-order valence-corrected chi connectivity index (χ0v) is 8.79. The quantitative estimate of drug-likeness (QED) is 0.785. The summed E-state index contributed by atoms with van der Waals surface area (Å²) in [7, 11) is 1.36. The molecular weight excluding hydrogens is 211 g/mol. The van der Waals surface area contributed by atoms with Crippen molar-refractivity contribution in [2.24, 2.45) is 0 Å². The number of benzene rings is 1. The third-order valence-electron chi connectivity index (χ3n) is 1.94. The van der Waals surface area contributed by atoms with E-state index in [1.54, 1.807) is 0 Å². The highest BCUT2D eigenvalue weighted by Gasteiger charge is 2.16. The van der Waals surface area contributed by atoms with Crippen molar-refractivity contribution in [3.63, 3.8) is 0 Å². The lowest BCUT2D eigenvalue weighted by Gasteiger charge is -2.08. The molecule has 0 atom stereocenters. The summed E-state index contributed by atoms with van der Waals surface area (Å²) in [6.07, 6.45) is 0.183. The Morgan fingerprint density at radius 3 is 3.00 bits per heavy atom. The number of hydrogen-bond donors (Lipinski definition) is 1. The van der Waals surface area contributed by atoms with E-state index in [-0.39, 0.29) is 24.3 Å². The molecule has 0 unspecified atom stereocenters. The van der Waals surface area contributed by atoms with Gasteiger partial charge < -0.3 is 10.1 Å². The summed E-state index contributed by atoms with van der Waals surface area (Å²) in [4.78, 5) is 11.6. The highest BCUT2D eigenvalue weighted by molar-refractivity contribution is 5.97. The molecular formula is C11H11FN2O2. The summed E-state index contributed by atoms with van der Waals surface area (Å²) in [5.74, 6) is -1.05. The number of rotatable bonds is 4. The predicted molar refractivity (Wildman–Crippen MR) is 55.5 cm³/mol. The van der Waals surface area contributed by atoms with E-state index < -0.39 is 11.7 Å². The standard InChI is InChI=1S/C11H11FN2O2/c1-16-9-5-2-4-8(12)10(9)11(15)14-7-3-6-13/h2,4-5H,3,7H2,1H3,(H,14,15). The number of nitrogens with one attached hydrogen (secondary N) is 1. The molecule has 1 aromatic rings. The van der Waals surface area contributed by atoms with Gasteiger partial charge in [-0.2, -0.15) is 5.26 Å². The van der Waals surface area contributed by atoms with Gasteiger partial charge in [-0.05, 0) is 12.1 Å². The number of nitrogens with zero attached hydrogens (tertiary/aromatic N) is 1. The van der Waals surface area contributed by atoms with Crippen molar-refractivity contribution >= 4 is 5.91 Å². The van der Waals surface area contributed by atoms with E-state index in [1.165, 1.54) is 25.3 Å². The van der Waals surface area contributed by atoms with Crippen LogP contribution in [0.4, 0.5) is 4.39 Å². The summed E-state index contributed by atoms with van der Waals surface area (Å²) < 4.78 is 18.3. The lowest BCUT2D eigenvalue weighted by Crippen LogP contribution is -2.25. The molecule has 0 saturated heterocycles. The molecule has 1 amide bonds. The van der Waals surface area contributed by atoms with E-state index >= 15 is 0 Å². The Hall–Kier alpha value is -2.09. The molecule has 0 radical (unpaired) electrons. The molecule has 0 aliphatic rings. The molecule has 16 heavy (non-hydrogen) atoms. The molecule has 0 aliphatic heterocycles. The van der Waals surface area contributed by atoms with Gasteiger partial charge in [-0.1, -0.05) is 6.07 Å². The summed E-state index contributed by atoms with van der Waals surface area (Å²) in [5.41, 5.74) is -0.136. The normalized spacial score (nSPS) is 9.31. The topological polar surface area (TPSA) is 62.1 Å². The maximum absolute atomic E-state index is 13.4. The molecule has 84 valence electrons. The molecule has 0 aliphatic carbocycles. The lowest BCUT2D eigenvalue weighted by molar-refractivity contribution is 0.0947. The van der Waals surface area contributed by atoms with Gasteiger partial charge in [0.15, 0.2) is 0 Å². The predicted octanol–water partition coefficient (Wildman–Crippen LogP) is 1.48. The Balaban J connectivity index is 2.86. The lowest BCUT2D eigenvalue weighted by atomic mass is 10.1. The Morgan fingerprint density at radius 1 is 1.62 bits per heavy atom. The first kappa shape index (κ1) is 12.0. The van der Waals surface area contributed by atoms with Crippen molar-refractivity contribution in [3.8, 4) is 11.8 Å². The van der Waals surface area contributed by atoms with Crippen LogP contribution < -0.4 is 10.1 Å². The zero-order chi connectivity index (χ0) is 12.0. The van der Waals surface area contributed by atoms with E-state index in [4.69, 9.17) is 10.00 Å². The number of halogens is 1. The number of amides is 1. The number of ether oxygens (including phenoxy) is 1. The highest BCUT2D eigenvalue weighted by atomic mass is 19.1. The minimum Gasteiger partial charge on any atom is -0.496 e. The average molecular weight is 222 g/mol. The van der Waals surface area contributed by atoms with Gasteiger partial charge in [-0.3, -0.25) is 4.79 Å². The fourth-order valence-corrected chi connectivity index (χ4v) is 1.22. The molecule has 0 fully saturated rings. The van der Waals surface area contributed by atoms with Crippen molar-refractivity contribution < 1.29 is 13.9 Å². The number of carbonyl (C=O) groups is 1. The Bertz CT molecular complexity index is 426. The van der Waals surface area contributed by atoms with Gasteiger partial charge in [0.2, 0.25) is 0 Å². The largest absolute Gasteiger partial charge is 0.496 e. The van der Waals surface area contributed by atoms with Crippen LogP contribution >= 0.6 is 0 Å². The Morgan fingerprint density at radius 2 is 2.38 bits per heavy atom. The molecule has 0 spiro atoms. The van der Waals surface area contributed by atoms with E-state index in [1.807, 2.05) is 6.07 Å². The summed E-state index contributed by atoms with van der Waals surface area (Å²) in [5, 5.41) is 10.7. The second kappa shape index (κ2) is 5.71. The van der Waals surface area contributed by atoms with Crippen LogP contribution in [0.3, 0.4) is 0 Å². The van der Waals surface area contributed by atoms with Gasteiger partial charge in [0.05, 0.1) is 19.6 Å². The molecule has 0 heterocycles. The van der Waals surface area contributed by atoms with Crippen LogP contribution in [0.25, 0.3) is 0 Å². The van der Waals surface area contributed by atoms with Crippen LogP contribution in [0.5, 0.6) is 5.75 Å². The monoisotopic (exact) mass is 222 g/mol. The van der Waals surface area contributed by atoms with Crippen LogP contribution in [0, 0.1) is 17.1 Å². The van der Waals surface area contributed by atoms with Gasteiger partial charge in [0, 0.05) is 6.54 Å². The molecule has 1 rings (SSSR count). The van der Waals surface area contributed by atoms with Crippen LogP contribution in [-0.4, -0.2) is 19.6 Å².